The van der Waals surface area contributed by atoms with Crippen molar-refractivity contribution in [2.45, 2.75) is 18.9 Å². The summed E-state index contributed by atoms with van der Waals surface area (Å²) >= 11 is 6.00. The fraction of sp³-hybridized carbons (Fsp3) is 0.300. The van der Waals surface area contributed by atoms with Crippen molar-refractivity contribution in [1.82, 2.24) is 15.1 Å². The molecule has 0 aliphatic carbocycles. The third kappa shape index (κ3) is 2.92. The number of benzene rings is 2. The van der Waals surface area contributed by atoms with E-state index in [0.29, 0.717) is 10.6 Å². The number of halogens is 1. The molecule has 4 rings (SSSR count). The number of hydrogen-bond donors (Lipinski definition) is 1. The quantitative estimate of drug-likeness (QED) is 0.751. The Morgan fingerprint density at radius 1 is 1.23 bits per heavy atom. The van der Waals surface area contributed by atoms with Crippen LogP contribution in [0.4, 0.5) is 5.82 Å². The maximum absolute atomic E-state index is 13.2. The van der Waals surface area contributed by atoms with Gasteiger partial charge in [0.2, 0.25) is 0 Å². The molecular weight excluding hydrogens is 348 g/mol. The summed E-state index contributed by atoms with van der Waals surface area (Å²) in [4.78, 5) is 17.1. The smallest absolute Gasteiger partial charge is 0.254 e. The Bertz CT molecular complexity index is 948. The largest absolute Gasteiger partial charge is 0.361 e. The molecule has 3 aromatic rings. The van der Waals surface area contributed by atoms with E-state index in [9.17, 15) is 4.79 Å². The minimum Gasteiger partial charge on any atom is -0.361 e. The Hall–Kier alpha value is -2.53. The fourth-order valence-corrected chi connectivity index (χ4v) is 3.81. The lowest BCUT2D eigenvalue weighted by molar-refractivity contribution is 0.0736. The summed E-state index contributed by atoms with van der Waals surface area (Å²) in [5.41, 5.74) is 2.77. The van der Waals surface area contributed by atoms with Crippen LogP contribution in [-0.4, -0.2) is 41.6 Å². The first kappa shape index (κ1) is 16.9. The average molecular weight is 369 g/mol. The van der Waals surface area contributed by atoms with Crippen LogP contribution in [-0.2, 0) is 0 Å². The van der Waals surface area contributed by atoms with Crippen LogP contribution in [0.25, 0.3) is 10.9 Å². The lowest BCUT2D eigenvalue weighted by Gasteiger charge is -2.25. The van der Waals surface area contributed by atoms with Gasteiger partial charge in [-0.15, -0.1) is 0 Å². The van der Waals surface area contributed by atoms with E-state index in [-0.39, 0.29) is 11.9 Å². The second-order valence-corrected chi connectivity index (χ2v) is 7.35. The van der Waals surface area contributed by atoms with Gasteiger partial charge in [-0.2, -0.15) is 5.10 Å². The van der Waals surface area contributed by atoms with Crippen LogP contribution in [0.5, 0.6) is 0 Å². The molecule has 0 radical (unpaired) electrons. The molecule has 6 heteroatoms. The minimum absolute atomic E-state index is 0.0651. The Morgan fingerprint density at radius 3 is 2.73 bits per heavy atom. The molecule has 0 spiro atoms. The highest BCUT2D eigenvalue weighted by Gasteiger charge is 2.30. The van der Waals surface area contributed by atoms with E-state index in [1.807, 2.05) is 66.4 Å². The normalized spacial score (nSPS) is 17.0. The number of aromatic nitrogens is 2. The number of carbonyl (C=O) groups is 1. The van der Waals surface area contributed by atoms with E-state index >= 15 is 0 Å². The molecule has 0 saturated carbocycles. The molecular formula is C20H21ClN4O. The molecule has 2 aromatic carbocycles. The maximum atomic E-state index is 13.2. The number of hydrogen-bond acceptors (Lipinski definition) is 3. The van der Waals surface area contributed by atoms with E-state index in [1.165, 1.54) is 0 Å². The number of anilines is 1. The number of rotatable bonds is 3. The summed E-state index contributed by atoms with van der Waals surface area (Å²) < 4.78 is 0. The van der Waals surface area contributed by atoms with Gasteiger partial charge in [-0.1, -0.05) is 23.7 Å². The summed E-state index contributed by atoms with van der Waals surface area (Å²) in [5.74, 6) is 0.903. The predicted octanol–water partition coefficient (Wildman–Crippen LogP) is 4.26. The number of nitrogens with zero attached hydrogens (tertiary/aromatic N) is 3. The number of nitrogens with one attached hydrogen (secondary N) is 1. The zero-order chi connectivity index (χ0) is 18.3. The summed E-state index contributed by atoms with van der Waals surface area (Å²) in [6, 6.07) is 13.7. The Kier molecular flexibility index (Phi) is 4.32. The third-order valence-corrected chi connectivity index (χ3v) is 5.23. The van der Waals surface area contributed by atoms with Crippen molar-refractivity contribution in [2.24, 2.45) is 0 Å². The predicted molar refractivity (Wildman–Crippen MR) is 105 cm³/mol. The van der Waals surface area contributed by atoms with Crippen molar-refractivity contribution >= 4 is 34.2 Å². The van der Waals surface area contributed by atoms with Crippen LogP contribution in [0, 0.1) is 0 Å². The molecule has 0 bridgehead atoms. The number of amides is 1. The van der Waals surface area contributed by atoms with Gasteiger partial charge in [0.05, 0.1) is 11.6 Å². The summed E-state index contributed by atoms with van der Waals surface area (Å²) in [6.07, 6.45) is 1.99. The number of fused-ring (bicyclic) bond motifs is 1. The van der Waals surface area contributed by atoms with Crippen molar-refractivity contribution in [2.75, 3.05) is 25.5 Å². The Morgan fingerprint density at radius 2 is 2.00 bits per heavy atom. The first-order valence-electron chi connectivity index (χ1n) is 8.76. The Labute approximate surface area is 157 Å². The van der Waals surface area contributed by atoms with Gasteiger partial charge in [0.15, 0.2) is 5.82 Å². The molecule has 26 heavy (non-hydrogen) atoms. The fourth-order valence-electron chi connectivity index (χ4n) is 3.68. The summed E-state index contributed by atoms with van der Waals surface area (Å²) in [5, 5.41) is 9.02. The van der Waals surface area contributed by atoms with E-state index in [4.69, 9.17) is 11.6 Å². The lowest BCUT2D eigenvalue weighted by atomic mass is 10.0. The second kappa shape index (κ2) is 6.65. The van der Waals surface area contributed by atoms with Crippen molar-refractivity contribution in [1.29, 1.82) is 0 Å². The number of aromatic amines is 1. The van der Waals surface area contributed by atoms with Crippen molar-refractivity contribution in [3.8, 4) is 0 Å². The van der Waals surface area contributed by atoms with Gasteiger partial charge in [-0.25, -0.2) is 0 Å². The van der Waals surface area contributed by atoms with Crippen molar-refractivity contribution in [3.05, 3.63) is 58.6 Å². The summed E-state index contributed by atoms with van der Waals surface area (Å²) in [6.45, 7) is 0.774. The van der Waals surface area contributed by atoms with Crippen LogP contribution in [0.2, 0.25) is 5.02 Å². The average Bonchev–Trinajstić information content (AvgIpc) is 3.28. The highest BCUT2D eigenvalue weighted by atomic mass is 35.5. The lowest BCUT2D eigenvalue weighted by Crippen LogP contribution is -2.30. The molecule has 1 saturated heterocycles. The first-order chi connectivity index (χ1) is 12.5. The van der Waals surface area contributed by atoms with E-state index < -0.39 is 0 Å². The van der Waals surface area contributed by atoms with Crippen LogP contribution in [0.1, 0.15) is 34.8 Å². The van der Waals surface area contributed by atoms with Crippen molar-refractivity contribution in [3.63, 3.8) is 0 Å². The molecule has 1 fully saturated rings. The highest BCUT2D eigenvalue weighted by molar-refractivity contribution is 6.30. The molecule has 1 unspecified atom stereocenters. The van der Waals surface area contributed by atoms with Gasteiger partial charge in [-0.3, -0.25) is 9.89 Å². The zero-order valence-electron chi connectivity index (χ0n) is 14.9. The number of likely N-dealkylation sites (tertiary alicyclic amines) is 1. The summed E-state index contributed by atoms with van der Waals surface area (Å²) in [7, 11) is 3.89. The molecule has 134 valence electrons. The molecule has 1 amide bonds. The molecule has 2 heterocycles. The van der Waals surface area contributed by atoms with E-state index in [0.717, 1.165) is 41.7 Å². The highest BCUT2D eigenvalue weighted by Crippen LogP contribution is 2.34. The number of H-pyrrole nitrogens is 1. The van der Waals surface area contributed by atoms with Gasteiger partial charge in [-0.05, 0) is 48.7 Å². The topological polar surface area (TPSA) is 52.2 Å². The second-order valence-electron chi connectivity index (χ2n) is 6.91. The van der Waals surface area contributed by atoms with Crippen LogP contribution < -0.4 is 4.90 Å². The molecule has 1 aliphatic heterocycles. The van der Waals surface area contributed by atoms with Crippen molar-refractivity contribution < 1.29 is 4.79 Å². The standard InChI is InChI=1S/C20H21ClN4O/c1-24(2)19-16-12-14(7-10-17(16)22-23-19)20(26)25-11-3-4-18(25)13-5-8-15(21)9-6-13/h5-10,12,18H,3-4,11H2,1-2H3,(H,22,23). The molecule has 1 aromatic heterocycles. The molecule has 1 atom stereocenters. The van der Waals surface area contributed by atoms with Gasteiger partial charge in [0, 0.05) is 36.6 Å². The van der Waals surface area contributed by atoms with E-state index in [1.54, 1.807) is 0 Å². The van der Waals surface area contributed by atoms with Gasteiger partial charge in [0.25, 0.3) is 5.91 Å². The molecule has 1 N–H and O–H groups in total. The van der Waals surface area contributed by atoms with Crippen LogP contribution in [0.15, 0.2) is 42.5 Å². The van der Waals surface area contributed by atoms with Crippen LogP contribution >= 0.6 is 11.6 Å². The Balaban J connectivity index is 1.67. The van der Waals surface area contributed by atoms with Crippen LogP contribution in [0.3, 0.4) is 0 Å². The zero-order valence-corrected chi connectivity index (χ0v) is 15.6. The van der Waals surface area contributed by atoms with Gasteiger partial charge >= 0.3 is 0 Å². The van der Waals surface area contributed by atoms with E-state index in [2.05, 4.69) is 10.2 Å². The SMILES string of the molecule is CN(C)c1n[nH]c2ccc(C(=O)N3CCCC3c3ccc(Cl)cc3)cc12. The minimum atomic E-state index is 0.0651. The monoisotopic (exact) mass is 368 g/mol. The number of carbonyl (C=O) groups excluding carboxylic acids is 1. The third-order valence-electron chi connectivity index (χ3n) is 4.98. The molecule has 5 nitrogen and oxygen atoms in total. The molecule has 1 aliphatic rings. The first-order valence-corrected chi connectivity index (χ1v) is 9.14. The van der Waals surface area contributed by atoms with Gasteiger partial charge < -0.3 is 9.80 Å². The van der Waals surface area contributed by atoms with Gasteiger partial charge in [0.1, 0.15) is 0 Å². The maximum Gasteiger partial charge on any atom is 0.254 e.